The standard InChI is InChI=1S/C9H14N2O2S/c1-7(9(12)13)3-11(2)4-8-5-14-6-10-8/h5-7H,3-4H2,1-2H3,(H,12,13). The summed E-state index contributed by atoms with van der Waals surface area (Å²) in [6, 6.07) is 0. The lowest BCUT2D eigenvalue weighted by Gasteiger charge is -2.17. The van der Waals surface area contributed by atoms with Crippen molar-refractivity contribution in [2.24, 2.45) is 5.92 Å². The zero-order valence-corrected chi connectivity index (χ0v) is 9.12. The summed E-state index contributed by atoms with van der Waals surface area (Å²) < 4.78 is 0. The second-order valence-corrected chi connectivity index (χ2v) is 4.13. The first-order valence-electron chi connectivity index (χ1n) is 4.38. The number of carboxylic acids is 1. The van der Waals surface area contributed by atoms with Gasteiger partial charge in [0.25, 0.3) is 0 Å². The number of nitrogens with zero attached hydrogens (tertiary/aromatic N) is 2. The number of hydrogen-bond acceptors (Lipinski definition) is 4. The van der Waals surface area contributed by atoms with Gasteiger partial charge in [0.15, 0.2) is 0 Å². The van der Waals surface area contributed by atoms with Crippen LogP contribution >= 0.6 is 11.3 Å². The van der Waals surface area contributed by atoms with Crippen molar-refractivity contribution in [3.63, 3.8) is 0 Å². The monoisotopic (exact) mass is 214 g/mol. The predicted octanol–water partition coefficient (Wildman–Crippen LogP) is 1.30. The fourth-order valence-corrected chi connectivity index (χ4v) is 1.75. The van der Waals surface area contributed by atoms with Gasteiger partial charge in [0.05, 0.1) is 17.1 Å². The highest BCUT2D eigenvalue weighted by atomic mass is 32.1. The minimum Gasteiger partial charge on any atom is -0.481 e. The fourth-order valence-electron chi connectivity index (χ4n) is 1.20. The van der Waals surface area contributed by atoms with Crippen LogP contribution in [0.5, 0.6) is 0 Å². The molecule has 1 rings (SSSR count). The Hall–Kier alpha value is -0.940. The number of aromatic nitrogens is 1. The van der Waals surface area contributed by atoms with Gasteiger partial charge in [-0.1, -0.05) is 6.92 Å². The van der Waals surface area contributed by atoms with Gasteiger partial charge in [-0.05, 0) is 7.05 Å². The van der Waals surface area contributed by atoms with Gasteiger partial charge in [0.2, 0.25) is 0 Å². The van der Waals surface area contributed by atoms with Crippen LogP contribution in [0.15, 0.2) is 10.9 Å². The molecule has 0 aliphatic heterocycles. The van der Waals surface area contributed by atoms with E-state index in [0.717, 1.165) is 5.69 Å². The molecule has 0 spiro atoms. The maximum absolute atomic E-state index is 10.6. The van der Waals surface area contributed by atoms with Crippen molar-refractivity contribution in [1.82, 2.24) is 9.88 Å². The van der Waals surface area contributed by atoms with Gasteiger partial charge in [0.1, 0.15) is 0 Å². The average molecular weight is 214 g/mol. The molecule has 0 saturated heterocycles. The zero-order chi connectivity index (χ0) is 10.6. The third-order valence-electron chi connectivity index (χ3n) is 1.92. The molecule has 0 aromatic carbocycles. The zero-order valence-electron chi connectivity index (χ0n) is 8.30. The molecule has 1 heterocycles. The molecule has 14 heavy (non-hydrogen) atoms. The number of carbonyl (C=O) groups is 1. The van der Waals surface area contributed by atoms with E-state index in [1.54, 1.807) is 23.8 Å². The molecule has 1 N–H and O–H groups in total. The fraction of sp³-hybridized carbons (Fsp3) is 0.556. The lowest BCUT2D eigenvalue weighted by atomic mass is 10.2. The van der Waals surface area contributed by atoms with Crippen LogP contribution in [0.3, 0.4) is 0 Å². The molecule has 0 saturated carbocycles. The van der Waals surface area contributed by atoms with Crippen LogP contribution in [0, 0.1) is 5.92 Å². The van der Waals surface area contributed by atoms with E-state index in [0.29, 0.717) is 13.1 Å². The Labute approximate surface area is 87.2 Å². The van der Waals surface area contributed by atoms with Crippen molar-refractivity contribution in [2.75, 3.05) is 13.6 Å². The van der Waals surface area contributed by atoms with Crippen molar-refractivity contribution in [1.29, 1.82) is 0 Å². The Morgan fingerprint density at radius 2 is 2.50 bits per heavy atom. The summed E-state index contributed by atoms with van der Waals surface area (Å²) in [4.78, 5) is 16.7. The molecule has 1 unspecified atom stereocenters. The minimum atomic E-state index is -0.755. The van der Waals surface area contributed by atoms with E-state index >= 15 is 0 Å². The summed E-state index contributed by atoms with van der Waals surface area (Å²) in [6.07, 6.45) is 0. The first-order chi connectivity index (χ1) is 6.59. The number of rotatable bonds is 5. The van der Waals surface area contributed by atoms with Crippen LogP contribution in [0.4, 0.5) is 0 Å². The molecule has 1 atom stereocenters. The van der Waals surface area contributed by atoms with Crippen molar-refractivity contribution < 1.29 is 9.90 Å². The highest BCUT2D eigenvalue weighted by Gasteiger charge is 2.13. The SMILES string of the molecule is CC(CN(C)Cc1cscn1)C(=O)O. The molecule has 1 aromatic rings. The van der Waals surface area contributed by atoms with Crippen LogP contribution in [0.2, 0.25) is 0 Å². The molecule has 0 radical (unpaired) electrons. The van der Waals surface area contributed by atoms with E-state index in [9.17, 15) is 4.79 Å². The van der Waals surface area contributed by atoms with Gasteiger partial charge in [-0.2, -0.15) is 0 Å². The summed E-state index contributed by atoms with van der Waals surface area (Å²) in [6.45, 7) is 2.97. The van der Waals surface area contributed by atoms with Gasteiger partial charge in [0, 0.05) is 18.5 Å². The molecular weight excluding hydrogens is 200 g/mol. The second kappa shape index (κ2) is 5.07. The van der Waals surface area contributed by atoms with Crippen LogP contribution < -0.4 is 0 Å². The second-order valence-electron chi connectivity index (χ2n) is 3.42. The molecule has 0 aliphatic carbocycles. The van der Waals surface area contributed by atoms with Crippen molar-refractivity contribution in [3.05, 3.63) is 16.6 Å². The first kappa shape index (κ1) is 11.1. The van der Waals surface area contributed by atoms with Gasteiger partial charge in [-0.15, -0.1) is 11.3 Å². The molecule has 1 aromatic heterocycles. The van der Waals surface area contributed by atoms with Crippen molar-refractivity contribution >= 4 is 17.3 Å². The van der Waals surface area contributed by atoms with Crippen molar-refractivity contribution in [2.45, 2.75) is 13.5 Å². The summed E-state index contributed by atoms with van der Waals surface area (Å²) in [5.74, 6) is -1.09. The van der Waals surface area contributed by atoms with Gasteiger partial charge < -0.3 is 5.11 Å². The Morgan fingerprint density at radius 3 is 3.00 bits per heavy atom. The Kier molecular flexibility index (Phi) is 4.03. The van der Waals surface area contributed by atoms with Crippen LogP contribution in [-0.4, -0.2) is 34.6 Å². The third-order valence-corrected chi connectivity index (χ3v) is 2.56. The summed E-state index contributed by atoms with van der Waals surface area (Å²) in [5.41, 5.74) is 2.78. The summed E-state index contributed by atoms with van der Waals surface area (Å²) in [5, 5.41) is 10.7. The molecule has 0 bridgehead atoms. The molecule has 0 amide bonds. The van der Waals surface area contributed by atoms with E-state index in [1.807, 2.05) is 17.3 Å². The molecular formula is C9H14N2O2S. The van der Waals surface area contributed by atoms with Crippen LogP contribution in [-0.2, 0) is 11.3 Å². The molecule has 5 heteroatoms. The van der Waals surface area contributed by atoms with Crippen LogP contribution in [0.25, 0.3) is 0 Å². The molecule has 0 aliphatic rings. The number of thiazole rings is 1. The highest BCUT2D eigenvalue weighted by Crippen LogP contribution is 2.06. The normalized spacial score (nSPS) is 13.1. The predicted molar refractivity (Wildman–Crippen MR) is 55.2 cm³/mol. The summed E-state index contributed by atoms with van der Waals surface area (Å²) in [7, 11) is 1.90. The van der Waals surface area contributed by atoms with Gasteiger partial charge >= 0.3 is 5.97 Å². The number of carboxylic acid groups (broad SMARTS) is 1. The minimum absolute atomic E-state index is 0.335. The number of aliphatic carboxylic acids is 1. The van der Waals surface area contributed by atoms with E-state index in [2.05, 4.69) is 4.98 Å². The molecule has 78 valence electrons. The van der Waals surface area contributed by atoms with Crippen LogP contribution in [0.1, 0.15) is 12.6 Å². The molecule has 4 nitrogen and oxygen atoms in total. The maximum atomic E-state index is 10.6. The lowest BCUT2D eigenvalue weighted by molar-refractivity contribution is -0.141. The Balaban J connectivity index is 2.36. The van der Waals surface area contributed by atoms with Crippen molar-refractivity contribution in [3.8, 4) is 0 Å². The van der Waals surface area contributed by atoms with E-state index in [1.165, 1.54) is 0 Å². The largest absolute Gasteiger partial charge is 0.481 e. The maximum Gasteiger partial charge on any atom is 0.307 e. The summed E-state index contributed by atoms with van der Waals surface area (Å²) >= 11 is 1.55. The van der Waals surface area contributed by atoms with Gasteiger partial charge in [-0.25, -0.2) is 4.98 Å². The Bertz CT molecular complexity index is 287. The average Bonchev–Trinajstić information content (AvgIpc) is 2.56. The smallest absolute Gasteiger partial charge is 0.307 e. The van der Waals surface area contributed by atoms with E-state index < -0.39 is 5.97 Å². The topological polar surface area (TPSA) is 53.4 Å². The highest BCUT2D eigenvalue weighted by molar-refractivity contribution is 7.07. The van der Waals surface area contributed by atoms with E-state index in [4.69, 9.17) is 5.11 Å². The Morgan fingerprint density at radius 1 is 1.79 bits per heavy atom. The first-order valence-corrected chi connectivity index (χ1v) is 5.32. The van der Waals surface area contributed by atoms with E-state index in [-0.39, 0.29) is 5.92 Å². The number of hydrogen-bond donors (Lipinski definition) is 1. The third kappa shape index (κ3) is 3.43. The molecule has 0 fully saturated rings. The lowest BCUT2D eigenvalue weighted by Crippen LogP contribution is -2.28. The quantitative estimate of drug-likeness (QED) is 0.802. The van der Waals surface area contributed by atoms with Gasteiger partial charge in [-0.3, -0.25) is 9.69 Å².